The van der Waals surface area contributed by atoms with E-state index in [0.717, 1.165) is 0 Å². The molecule has 1 atom stereocenters. The highest BCUT2D eigenvalue weighted by Gasteiger charge is 2.21. The van der Waals surface area contributed by atoms with Crippen molar-refractivity contribution in [3.05, 3.63) is 30.6 Å². The van der Waals surface area contributed by atoms with Crippen LogP contribution in [0.1, 0.15) is 13.3 Å². The van der Waals surface area contributed by atoms with E-state index in [0.29, 0.717) is 0 Å². The van der Waals surface area contributed by atoms with Crippen LogP contribution in [0.4, 0.5) is 0 Å². The maximum atomic E-state index is 11.1. The SMILES string of the molecule is CNC(=O)C(CC(=O)NO)NC(C)=O.c1ccncc1. The van der Waals surface area contributed by atoms with E-state index in [4.69, 9.17) is 5.21 Å². The van der Waals surface area contributed by atoms with Gasteiger partial charge in [-0.05, 0) is 12.1 Å². The van der Waals surface area contributed by atoms with Crippen molar-refractivity contribution < 1.29 is 19.6 Å². The number of hydrogen-bond donors (Lipinski definition) is 4. The Kier molecular flexibility index (Phi) is 9.15. The van der Waals surface area contributed by atoms with Gasteiger partial charge in [0.15, 0.2) is 0 Å². The Labute approximate surface area is 116 Å². The van der Waals surface area contributed by atoms with E-state index < -0.39 is 23.8 Å². The van der Waals surface area contributed by atoms with E-state index in [1.165, 1.54) is 19.5 Å². The number of carbonyl (C=O) groups is 3. The minimum absolute atomic E-state index is 0.310. The number of pyridine rings is 1. The van der Waals surface area contributed by atoms with Crippen molar-refractivity contribution in [1.29, 1.82) is 0 Å². The Morgan fingerprint density at radius 2 is 1.80 bits per heavy atom. The van der Waals surface area contributed by atoms with Crippen LogP contribution < -0.4 is 16.1 Å². The lowest BCUT2D eigenvalue weighted by atomic mass is 10.2. The van der Waals surface area contributed by atoms with Gasteiger partial charge in [-0.1, -0.05) is 6.07 Å². The second-order valence-electron chi connectivity index (χ2n) is 3.63. The van der Waals surface area contributed by atoms with Gasteiger partial charge in [0.1, 0.15) is 6.04 Å². The van der Waals surface area contributed by atoms with E-state index in [9.17, 15) is 14.4 Å². The van der Waals surface area contributed by atoms with Crippen molar-refractivity contribution >= 4 is 17.7 Å². The molecule has 1 aromatic rings. The fourth-order valence-corrected chi connectivity index (χ4v) is 1.17. The average Bonchev–Trinajstić information content (AvgIpc) is 2.47. The van der Waals surface area contributed by atoms with Crippen LogP contribution in [-0.4, -0.2) is 41.0 Å². The molecular formula is C12H18N4O4. The summed E-state index contributed by atoms with van der Waals surface area (Å²) in [6.45, 7) is 1.23. The normalized spacial score (nSPS) is 10.3. The molecule has 1 heterocycles. The van der Waals surface area contributed by atoms with E-state index >= 15 is 0 Å². The third kappa shape index (κ3) is 8.59. The second kappa shape index (κ2) is 10.4. The fraction of sp³-hybridized carbons (Fsp3) is 0.333. The molecule has 0 radical (unpaired) electrons. The summed E-state index contributed by atoms with van der Waals surface area (Å²) in [7, 11) is 1.38. The van der Waals surface area contributed by atoms with Gasteiger partial charge in [0.2, 0.25) is 17.7 Å². The number of rotatable bonds is 4. The summed E-state index contributed by atoms with van der Waals surface area (Å²) in [5, 5.41) is 12.8. The topological polar surface area (TPSA) is 120 Å². The number of aromatic nitrogens is 1. The predicted octanol–water partition coefficient (Wildman–Crippen LogP) is -0.786. The minimum Gasteiger partial charge on any atom is -0.357 e. The smallest absolute Gasteiger partial charge is 0.245 e. The van der Waals surface area contributed by atoms with Gasteiger partial charge in [0.05, 0.1) is 6.42 Å². The zero-order valence-corrected chi connectivity index (χ0v) is 11.3. The number of nitrogens with one attached hydrogen (secondary N) is 3. The minimum atomic E-state index is -0.968. The molecule has 0 saturated heterocycles. The average molecular weight is 282 g/mol. The Hall–Kier alpha value is -2.48. The van der Waals surface area contributed by atoms with Gasteiger partial charge in [0, 0.05) is 26.4 Å². The molecule has 1 rings (SSSR count). The molecule has 0 saturated carbocycles. The largest absolute Gasteiger partial charge is 0.357 e. The number of hydroxylamine groups is 1. The number of hydrogen-bond acceptors (Lipinski definition) is 5. The first kappa shape index (κ1) is 17.5. The number of likely N-dealkylation sites (N-methyl/N-ethyl adjacent to an activating group) is 1. The summed E-state index contributed by atoms with van der Waals surface area (Å²) in [5.74, 6) is -1.67. The van der Waals surface area contributed by atoms with Crippen molar-refractivity contribution in [3.8, 4) is 0 Å². The third-order valence-corrected chi connectivity index (χ3v) is 2.02. The Balaban J connectivity index is 0.000000493. The van der Waals surface area contributed by atoms with Crippen LogP contribution in [0, 0.1) is 0 Å². The molecule has 0 aliphatic carbocycles. The van der Waals surface area contributed by atoms with E-state index in [1.54, 1.807) is 12.4 Å². The van der Waals surface area contributed by atoms with Gasteiger partial charge in [-0.3, -0.25) is 24.6 Å². The fourth-order valence-electron chi connectivity index (χ4n) is 1.17. The highest BCUT2D eigenvalue weighted by Crippen LogP contribution is 1.92. The van der Waals surface area contributed by atoms with Gasteiger partial charge in [-0.25, -0.2) is 5.48 Å². The zero-order chi connectivity index (χ0) is 15.4. The van der Waals surface area contributed by atoms with Crippen LogP contribution in [0.15, 0.2) is 30.6 Å². The lowest BCUT2D eigenvalue weighted by Gasteiger charge is -2.14. The molecule has 8 heteroatoms. The lowest BCUT2D eigenvalue weighted by molar-refractivity contribution is -0.134. The van der Waals surface area contributed by atoms with Crippen molar-refractivity contribution in [3.63, 3.8) is 0 Å². The van der Waals surface area contributed by atoms with Gasteiger partial charge in [-0.15, -0.1) is 0 Å². The standard InChI is InChI=1S/C7H13N3O4.C5H5N/c1-4(11)9-5(7(13)8-2)3-6(12)10-14;1-2-4-6-5-3-1/h5,14H,3H2,1-2H3,(H,8,13)(H,9,11)(H,10,12);1-5H. The van der Waals surface area contributed by atoms with Crippen LogP contribution in [0.3, 0.4) is 0 Å². The van der Waals surface area contributed by atoms with Crippen LogP contribution in [0.5, 0.6) is 0 Å². The molecule has 0 aliphatic rings. The summed E-state index contributed by atoms with van der Waals surface area (Å²) in [6.07, 6.45) is 3.19. The summed E-state index contributed by atoms with van der Waals surface area (Å²) < 4.78 is 0. The molecule has 0 spiro atoms. The molecule has 0 aromatic carbocycles. The summed E-state index contributed by atoms with van der Waals surface area (Å²) in [6, 6.07) is 4.75. The second-order valence-corrected chi connectivity index (χ2v) is 3.63. The summed E-state index contributed by atoms with van der Waals surface area (Å²) in [4.78, 5) is 36.3. The monoisotopic (exact) mass is 282 g/mol. The Morgan fingerprint density at radius 1 is 1.20 bits per heavy atom. The highest BCUT2D eigenvalue weighted by atomic mass is 16.5. The van der Waals surface area contributed by atoms with Crippen molar-refractivity contribution in [2.24, 2.45) is 0 Å². The van der Waals surface area contributed by atoms with Gasteiger partial charge in [0.25, 0.3) is 0 Å². The molecule has 3 amide bonds. The molecule has 1 aromatic heterocycles. The van der Waals surface area contributed by atoms with Gasteiger partial charge < -0.3 is 10.6 Å². The number of carbonyl (C=O) groups excluding carboxylic acids is 3. The van der Waals surface area contributed by atoms with Crippen LogP contribution in [-0.2, 0) is 14.4 Å². The van der Waals surface area contributed by atoms with Crippen LogP contribution >= 0.6 is 0 Å². The maximum absolute atomic E-state index is 11.1. The molecule has 1 unspecified atom stereocenters. The molecule has 20 heavy (non-hydrogen) atoms. The summed E-state index contributed by atoms with van der Waals surface area (Å²) >= 11 is 0. The zero-order valence-electron chi connectivity index (χ0n) is 11.3. The maximum Gasteiger partial charge on any atom is 0.245 e. The van der Waals surface area contributed by atoms with Crippen molar-refractivity contribution in [2.75, 3.05) is 7.05 Å². The quantitative estimate of drug-likeness (QED) is 0.426. The van der Waals surface area contributed by atoms with Gasteiger partial charge in [-0.2, -0.15) is 0 Å². The van der Waals surface area contributed by atoms with Crippen molar-refractivity contribution in [2.45, 2.75) is 19.4 Å². The molecule has 110 valence electrons. The molecule has 4 N–H and O–H groups in total. The molecule has 0 bridgehead atoms. The first-order valence-corrected chi connectivity index (χ1v) is 5.77. The Morgan fingerprint density at radius 3 is 2.10 bits per heavy atom. The van der Waals surface area contributed by atoms with Crippen LogP contribution in [0.2, 0.25) is 0 Å². The third-order valence-electron chi connectivity index (χ3n) is 2.02. The van der Waals surface area contributed by atoms with E-state index in [1.807, 2.05) is 18.2 Å². The summed E-state index contributed by atoms with van der Waals surface area (Å²) in [5.41, 5.74) is 1.38. The number of nitrogens with zero attached hydrogens (tertiary/aromatic N) is 1. The Bertz CT molecular complexity index is 398. The molecule has 0 fully saturated rings. The highest BCUT2D eigenvalue weighted by molar-refractivity contribution is 5.91. The molecule has 8 nitrogen and oxygen atoms in total. The number of amides is 3. The first-order valence-electron chi connectivity index (χ1n) is 5.77. The van der Waals surface area contributed by atoms with E-state index in [2.05, 4.69) is 15.6 Å². The molecular weight excluding hydrogens is 264 g/mol. The van der Waals surface area contributed by atoms with Gasteiger partial charge >= 0.3 is 0 Å². The predicted molar refractivity (Wildman–Crippen MR) is 70.5 cm³/mol. The van der Waals surface area contributed by atoms with Crippen molar-refractivity contribution in [1.82, 2.24) is 21.1 Å². The van der Waals surface area contributed by atoms with Crippen LogP contribution in [0.25, 0.3) is 0 Å². The molecule has 0 aliphatic heterocycles. The van der Waals surface area contributed by atoms with E-state index in [-0.39, 0.29) is 6.42 Å². The first-order chi connectivity index (χ1) is 9.51. The lowest BCUT2D eigenvalue weighted by Crippen LogP contribution is -2.47.